The molecule has 0 spiro atoms. The van der Waals surface area contributed by atoms with Gasteiger partial charge in [-0.05, 0) is 50.9 Å². The average Bonchev–Trinajstić information content (AvgIpc) is 3.29. The zero-order valence-electron chi connectivity index (χ0n) is 16.0. The fraction of sp³-hybridized carbons (Fsp3) is 0.476. The van der Waals surface area contributed by atoms with Crippen LogP contribution in [0.2, 0.25) is 0 Å². The van der Waals surface area contributed by atoms with E-state index in [1.165, 1.54) is 12.8 Å². The van der Waals surface area contributed by atoms with Crippen LogP contribution in [0.25, 0.3) is 11.4 Å². The first-order chi connectivity index (χ1) is 13.8. The van der Waals surface area contributed by atoms with Crippen LogP contribution in [0.1, 0.15) is 55.1 Å². The summed E-state index contributed by atoms with van der Waals surface area (Å²) in [5.41, 5.74) is 0.856. The van der Waals surface area contributed by atoms with Crippen molar-refractivity contribution in [2.45, 2.75) is 44.1 Å². The van der Waals surface area contributed by atoms with Gasteiger partial charge in [0.1, 0.15) is 11.5 Å². The number of rotatable bonds is 6. The SMILES string of the molecule is COc1ccccc1-c1noc(C2CCN(Cc3cnc(C4CC4)o3)CC2)n1. The van der Waals surface area contributed by atoms with E-state index in [1.807, 2.05) is 30.5 Å². The predicted octanol–water partition coefficient (Wildman–Crippen LogP) is 3.99. The van der Waals surface area contributed by atoms with E-state index in [0.717, 1.165) is 61.3 Å². The first-order valence-electron chi connectivity index (χ1n) is 9.94. The summed E-state index contributed by atoms with van der Waals surface area (Å²) in [4.78, 5) is 11.5. The summed E-state index contributed by atoms with van der Waals surface area (Å²) >= 11 is 0. The molecule has 3 aromatic rings. The molecule has 0 unspecified atom stereocenters. The highest BCUT2D eigenvalue weighted by Gasteiger charge is 2.30. The fourth-order valence-electron chi connectivity index (χ4n) is 3.81. The summed E-state index contributed by atoms with van der Waals surface area (Å²) in [6.07, 6.45) is 6.31. The molecule has 5 rings (SSSR count). The van der Waals surface area contributed by atoms with Crippen LogP contribution in [-0.2, 0) is 6.54 Å². The third kappa shape index (κ3) is 3.54. The van der Waals surface area contributed by atoms with Crippen molar-refractivity contribution in [1.29, 1.82) is 0 Å². The van der Waals surface area contributed by atoms with Gasteiger partial charge in [-0.1, -0.05) is 17.3 Å². The van der Waals surface area contributed by atoms with E-state index in [0.29, 0.717) is 17.7 Å². The molecule has 7 heteroatoms. The van der Waals surface area contributed by atoms with Crippen LogP contribution in [0, 0.1) is 0 Å². The van der Waals surface area contributed by atoms with Crippen molar-refractivity contribution in [3.63, 3.8) is 0 Å². The lowest BCUT2D eigenvalue weighted by molar-refractivity contribution is 0.175. The molecule has 2 aromatic heterocycles. The molecule has 2 fully saturated rings. The van der Waals surface area contributed by atoms with Crippen LogP contribution in [-0.4, -0.2) is 40.2 Å². The Labute approximate surface area is 163 Å². The first-order valence-corrected chi connectivity index (χ1v) is 9.94. The fourth-order valence-corrected chi connectivity index (χ4v) is 3.81. The molecule has 3 heterocycles. The number of oxazole rings is 1. The number of nitrogens with zero attached hydrogens (tertiary/aromatic N) is 4. The van der Waals surface area contributed by atoms with Gasteiger partial charge in [0.2, 0.25) is 11.7 Å². The van der Waals surface area contributed by atoms with Gasteiger partial charge in [-0.2, -0.15) is 4.98 Å². The summed E-state index contributed by atoms with van der Waals surface area (Å²) in [5.74, 6) is 4.80. The Kier molecular flexibility index (Phi) is 4.60. The number of methoxy groups -OCH3 is 1. The molecule has 1 aliphatic carbocycles. The van der Waals surface area contributed by atoms with Crippen molar-refractivity contribution in [3.8, 4) is 17.1 Å². The van der Waals surface area contributed by atoms with E-state index < -0.39 is 0 Å². The number of piperidine rings is 1. The molecule has 2 aliphatic rings. The Bertz CT molecular complexity index is 939. The summed E-state index contributed by atoms with van der Waals surface area (Å²) < 4.78 is 16.9. The maximum absolute atomic E-state index is 5.89. The number of hydrogen-bond donors (Lipinski definition) is 0. The van der Waals surface area contributed by atoms with Gasteiger partial charge in [0.15, 0.2) is 5.89 Å². The lowest BCUT2D eigenvalue weighted by Gasteiger charge is -2.29. The van der Waals surface area contributed by atoms with Gasteiger partial charge >= 0.3 is 0 Å². The lowest BCUT2D eigenvalue weighted by Crippen LogP contribution is -2.32. The van der Waals surface area contributed by atoms with Crippen molar-refractivity contribution in [2.24, 2.45) is 0 Å². The van der Waals surface area contributed by atoms with Crippen molar-refractivity contribution < 1.29 is 13.7 Å². The molecular weight excluding hydrogens is 356 g/mol. The van der Waals surface area contributed by atoms with Crippen LogP contribution in [0.3, 0.4) is 0 Å². The number of benzene rings is 1. The minimum atomic E-state index is 0.295. The second kappa shape index (κ2) is 7.39. The monoisotopic (exact) mass is 380 g/mol. The van der Waals surface area contributed by atoms with Gasteiger partial charge in [-0.3, -0.25) is 4.90 Å². The molecule has 146 valence electrons. The largest absolute Gasteiger partial charge is 0.496 e. The molecule has 0 N–H and O–H groups in total. The minimum Gasteiger partial charge on any atom is -0.496 e. The van der Waals surface area contributed by atoms with Crippen molar-refractivity contribution in [1.82, 2.24) is 20.0 Å². The van der Waals surface area contributed by atoms with Gasteiger partial charge in [0, 0.05) is 11.8 Å². The Balaban J connectivity index is 1.20. The highest BCUT2D eigenvalue weighted by Crippen LogP contribution is 2.39. The normalized spacial score (nSPS) is 18.5. The Morgan fingerprint density at radius 3 is 2.64 bits per heavy atom. The maximum Gasteiger partial charge on any atom is 0.230 e. The second-order valence-corrected chi connectivity index (χ2v) is 7.65. The molecule has 1 aromatic carbocycles. The van der Waals surface area contributed by atoms with Crippen LogP contribution >= 0.6 is 0 Å². The lowest BCUT2D eigenvalue weighted by atomic mass is 9.96. The molecule has 0 radical (unpaired) electrons. The number of ether oxygens (including phenoxy) is 1. The van der Waals surface area contributed by atoms with E-state index in [1.54, 1.807) is 7.11 Å². The minimum absolute atomic E-state index is 0.295. The molecular formula is C21H24N4O3. The summed E-state index contributed by atoms with van der Waals surface area (Å²) in [5, 5.41) is 4.18. The number of hydrogen-bond acceptors (Lipinski definition) is 7. The van der Waals surface area contributed by atoms with E-state index >= 15 is 0 Å². The van der Waals surface area contributed by atoms with E-state index in [2.05, 4.69) is 20.0 Å². The molecule has 28 heavy (non-hydrogen) atoms. The zero-order valence-corrected chi connectivity index (χ0v) is 16.0. The maximum atomic E-state index is 5.89. The second-order valence-electron chi connectivity index (χ2n) is 7.65. The summed E-state index contributed by atoms with van der Waals surface area (Å²) in [6, 6.07) is 7.73. The summed E-state index contributed by atoms with van der Waals surface area (Å²) in [7, 11) is 1.65. The molecule has 1 aliphatic heterocycles. The van der Waals surface area contributed by atoms with Crippen LogP contribution in [0.5, 0.6) is 5.75 Å². The van der Waals surface area contributed by atoms with Crippen molar-refractivity contribution >= 4 is 0 Å². The molecule has 0 atom stereocenters. The van der Waals surface area contributed by atoms with Crippen molar-refractivity contribution in [2.75, 3.05) is 20.2 Å². The smallest absolute Gasteiger partial charge is 0.230 e. The Morgan fingerprint density at radius 1 is 1.07 bits per heavy atom. The van der Waals surface area contributed by atoms with Crippen LogP contribution in [0.4, 0.5) is 0 Å². The predicted molar refractivity (Wildman–Crippen MR) is 102 cm³/mol. The van der Waals surface area contributed by atoms with Crippen LogP contribution in [0.15, 0.2) is 39.4 Å². The molecule has 0 bridgehead atoms. The van der Waals surface area contributed by atoms with Gasteiger partial charge in [-0.15, -0.1) is 0 Å². The van der Waals surface area contributed by atoms with Gasteiger partial charge in [-0.25, -0.2) is 4.98 Å². The van der Waals surface area contributed by atoms with Gasteiger partial charge in [0.05, 0.1) is 25.4 Å². The third-order valence-corrected chi connectivity index (χ3v) is 5.60. The first kappa shape index (κ1) is 17.4. The van der Waals surface area contributed by atoms with E-state index in [9.17, 15) is 0 Å². The molecule has 1 saturated carbocycles. The Hall–Kier alpha value is -2.67. The Morgan fingerprint density at radius 2 is 1.86 bits per heavy atom. The van der Waals surface area contributed by atoms with Gasteiger partial charge < -0.3 is 13.7 Å². The highest BCUT2D eigenvalue weighted by molar-refractivity contribution is 5.63. The highest BCUT2D eigenvalue weighted by atomic mass is 16.5. The van der Waals surface area contributed by atoms with E-state index in [4.69, 9.17) is 13.7 Å². The average molecular weight is 380 g/mol. The number of likely N-dealkylation sites (tertiary alicyclic amines) is 1. The zero-order chi connectivity index (χ0) is 18.9. The topological polar surface area (TPSA) is 77.4 Å². The number of para-hydroxylation sites is 1. The third-order valence-electron chi connectivity index (χ3n) is 5.60. The number of aromatic nitrogens is 3. The summed E-state index contributed by atoms with van der Waals surface area (Å²) in [6.45, 7) is 2.79. The van der Waals surface area contributed by atoms with Crippen LogP contribution < -0.4 is 4.74 Å². The van der Waals surface area contributed by atoms with Crippen molar-refractivity contribution in [3.05, 3.63) is 48.0 Å². The molecule has 7 nitrogen and oxygen atoms in total. The quantitative estimate of drug-likeness (QED) is 0.640. The standard InChI is InChI=1S/C21H24N4O3/c1-26-18-5-3-2-4-17(18)19-23-21(28-24-19)15-8-10-25(11-9-15)13-16-12-22-20(27-16)14-6-7-14/h2-5,12,14-15H,6-11,13H2,1H3. The molecule has 0 amide bonds. The molecule has 1 saturated heterocycles. The van der Waals surface area contributed by atoms with E-state index in [-0.39, 0.29) is 0 Å². The van der Waals surface area contributed by atoms with Gasteiger partial charge in [0.25, 0.3) is 0 Å².